The Hall–Kier alpha value is -2.14. The summed E-state index contributed by atoms with van der Waals surface area (Å²) in [5.74, 6) is 0.476. The molecule has 1 N–H and O–H groups in total. The van der Waals surface area contributed by atoms with E-state index < -0.39 is 0 Å². The Bertz CT molecular complexity index is 618. The number of rotatable bonds is 5. The minimum absolute atomic E-state index is 0.0936. The Morgan fingerprint density at radius 2 is 2.19 bits per heavy atom. The molecular weight excluding hydrogens is 288 g/mol. The predicted molar refractivity (Wildman–Crippen MR) is 83.4 cm³/mol. The smallest absolute Gasteiger partial charge is 0.254 e. The van der Waals surface area contributed by atoms with Crippen molar-refractivity contribution in [3.05, 3.63) is 52.9 Å². The number of nitrogens with zero attached hydrogens (tertiary/aromatic N) is 3. The largest absolute Gasteiger partial charge is 0.373 e. The van der Waals surface area contributed by atoms with Gasteiger partial charge in [0.2, 0.25) is 0 Å². The second-order valence-electron chi connectivity index (χ2n) is 4.45. The molecule has 2 aromatic rings. The summed E-state index contributed by atoms with van der Waals surface area (Å²) in [4.78, 5) is 22.6. The Morgan fingerprint density at radius 3 is 2.81 bits per heavy atom. The van der Waals surface area contributed by atoms with Crippen LogP contribution in [0.5, 0.6) is 0 Å². The van der Waals surface area contributed by atoms with E-state index in [9.17, 15) is 4.79 Å². The summed E-state index contributed by atoms with van der Waals surface area (Å²) in [5, 5.41) is 3.18. The van der Waals surface area contributed by atoms with Gasteiger partial charge in [0.25, 0.3) is 5.91 Å². The van der Waals surface area contributed by atoms with Gasteiger partial charge in [-0.15, -0.1) is 0 Å². The third kappa shape index (κ3) is 3.92. The normalized spacial score (nSPS) is 10.2. The molecule has 0 fully saturated rings. The molecule has 2 aromatic heterocycles. The first kappa shape index (κ1) is 15.3. The Kier molecular flexibility index (Phi) is 5.11. The molecule has 2 heterocycles. The molecular formula is C15H17ClN4O. The van der Waals surface area contributed by atoms with Gasteiger partial charge in [0.05, 0.1) is 12.2 Å². The van der Waals surface area contributed by atoms with E-state index in [2.05, 4.69) is 15.3 Å². The fourth-order valence-corrected chi connectivity index (χ4v) is 2.15. The SMILES string of the molecule is CCN(Cc1ccccn1)C(=O)c1cc(Cl)nc(NC)c1. The Balaban J connectivity index is 2.22. The Labute approximate surface area is 129 Å². The maximum Gasteiger partial charge on any atom is 0.254 e. The van der Waals surface area contributed by atoms with Crippen LogP contribution in [0.1, 0.15) is 23.0 Å². The minimum Gasteiger partial charge on any atom is -0.373 e. The zero-order valence-electron chi connectivity index (χ0n) is 12.0. The summed E-state index contributed by atoms with van der Waals surface area (Å²) < 4.78 is 0. The van der Waals surface area contributed by atoms with E-state index in [1.54, 1.807) is 30.3 Å². The molecule has 0 aliphatic rings. The highest BCUT2D eigenvalue weighted by atomic mass is 35.5. The zero-order chi connectivity index (χ0) is 15.2. The lowest BCUT2D eigenvalue weighted by molar-refractivity contribution is 0.0750. The molecule has 110 valence electrons. The van der Waals surface area contributed by atoms with E-state index in [1.807, 2.05) is 25.1 Å². The molecule has 1 amide bonds. The monoisotopic (exact) mass is 304 g/mol. The number of carbonyl (C=O) groups is 1. The van der Waals surface area contributed by atoms with E-state index in [0.29, 0.717) is 29.6 Å². The van der Waals surface area contributed by atoms with Gasteiger partial charge in [0.15, 0.2) is 0 Å². The third-order valence-electron chi connectivity index (χ3n) is 3.05. The van der Waals surface area contributed by atoms with Gasteiger partial charge < -0.3 is 10.2 Å². The van der Waals surface area contributed by atoms with Crippen molar-refractivity contribution in [1.82, 2.24) is 14.9 Å². The first-order valence-electron chi connectivity index (χ1n) is 6.68. The number of halogens is 1. The maximum atomic E-state index is 12.6. The fraction of sp³-hybridized carbons (Fsp3) is 0.267. The molecule has 0 spiro atoms. The number of anilines is 1. The molecule has 0 aliphatic heterocycles. The zero-order valence-corrected chi connectivity index (χ0v) is 12.8. The van der Waals surface area contributed by atoms with Crippen LogP contribution in [-0.2, 0) is 6.54 Å². The highest BCUT2D eigenvalue weighted by Gasteiger charge is 2.16. The van der Waals surface area contributed by atoms with Crippen LogP contribution < -0.4 is 5.32 Å². The van der Waals surface area contributed by atoms with Crippen molar-refractivity contribution in [1.29, 1.82) is 0 Å². The van der Waals surface area contributed by atoms with Gasteiger partial charge in [-0.05, 0) is 31.2 Å². The van der Waals surface area contributed by atoms with Crippen molar-refractivity contribution in [3.8, 4) is 0 Å². The number of aromatic nitrogens is 2. The first-order valence-corrected chi connectivity index (χ1v) is 7.06. The number of nitrogens with one attached hydrogen (secondary N) is 1. The molecule has 2 rings (SSSR count). The second kappa shape index (κ2) is 7.04. The Morgan fingerprint density at radius 1 is 1.38 bits per heavy atom. The van der Waals surface area contributed by atoms with E-state index in [-0.39, 0.29) is 5.91 Å². The van der Waals surface area contributed by atoms with Crippen LogP contribution in [0.3, 0.4) is 0 Å². The summed E-state index contributed by atoms with van der Waals surface area (Å²) in [6.07, 6.45) is 1.72. The van der Waals surface area contributed by atoms with Gasteiger partial charge in [0, 0.05) is 25.4 Å². The van der Waals surface area contributed by atoms with Gasteiger partial charge in [0.1, 0.15) is 11.0 Å². The van der Waals surface area contributed by atoms with E-state index >= 15 is 0 Å². The van der Waals surface area contributed by atoms with Crippen molar-refractivity contribution >= 4 is 23.3 Å². The number of pyridine rings is 2. The van der Waals surface area contributed by atoms with Crippen molar-refractivity contribution in [2.75, 3.05) is 18.9 Å². The van der Waals surface area contributed by atoms with E-state index in [1.165, 1.54) is 0 Å². The minimum atomic E-state index is -0.0936. The maximum absolute atomic E-state index is 12.6. The lowest BCUT2D eigenvalue weighted by Gasteiger charge is -2.20. The molecule has 21 heavy (non-hydrogen) atoms. The summed E-state index contributed by atoms with van der Waals surface area (Å²) in [6.45, 7) is 2.98. The molecule has 0 radical (unpaired) electrons. The lowest BCUT2D eigenvalue weighted by atomic mass is 10.2. The summed E-state index contributed by atoms with van der Waals surface area (Å²) in [5.41, 5.74) is 1.36. The van der Waals surface area contributed by atoms with E-state index in [0.717, 1.165) is 5.69 Å². The fourth-order valence-electron chi connectivity index (χ4n) is 1.95. The van der Waals surface area contributed by atoms with Crippen LogP contribution in [0.2, 0.25) is 5.15 Å². The average Bonchev–Trinajstić information content (AvgIpc) is 2.52. The lowest BCUT2D eigenvalue weighted by Crippen LogP contribution is -2.30. The molecule has 0 aliphatic carbocycles. The molecule has 5 nitrogen and oxygen atoms in total. The van der Waals surface area contributed by atoms with E-state index in [4.69, 9.17) is 11.6 Å². The summed E-state index contributed by atoms with van der Waals surface area (Å²) in [7, 11) is 1.73. The number of hydrogen-bond acceptors (Lipinski definition) is 4. The van der Waals surface area contributed by atoms with Crippen LogP contribution in [-0.4, -0.2) is 34.4 Å². The topological polar surface area (TPSA) is 58.1 Å². The van der Waals surface area contributed by atoms with Crippen molar-refractivity contribution < 1.29 is 4.79 Å². The summed E-state index contributed by atoms with van der Waals surface area (Å²) in [6, 6.07) is 8.92. The number of carbonyl (C=O) groups excluding carboxylic acids is 1. The van der Waals surface area contributed by atoms with Crippen molar-refractivity contribution in [2.45, 2.75) is 13.5 Å². The first-order chi connectivity index (χ1) is 10.1. The summed E-state index contributed by atoms with van der Waals surface area (Å²) >= 11 is 5.95. The van der Waals surface area contributed by atoms with Crippen LogP contribution >= 0.6 is 11.6 Å². The van der Waals surface area contributed by atoms with Crippen LogP contribution in [0.4, 0.5) is 5.82 Å². The third-order valence-corrected chi connectivity index (χ3v) is 3.24. The average molecular weight is 305 g/mol. The van der Waals surface area contributed by atoms with Crippen molar-refractivity contribution in [3.63, 3.8) is 0 Å². The second-order valence-corrected chi connectivity index (χ2v) is 4.84. The van der Waals surface area contributed by atoms with Gasteiger partial charge in [-0.3, -0.25) is 9.78 Å². The number of amides is 1. The highest BCUT2D eigenvalue weighted by Crippen LogP contribution is 2.16. The molecule has 0 unspecified atom stereocenters. The van der Waals surface area contributed by atoms with Gasteiger partial charge in [-0.2, -0.15) is 0 Å². The van der Waals surface area contributed by atoms with Crippen LogP contribution in [0.25, 0.3) is 0 Å². The molecule has 0 saturated carbocycles. The number of hydrogen-bond donors (Lipinski definition) is 1. The van der Waals surface area contributed by atoms with Crippen molar-refractivity contribution in [2.24, 2.45) is 0 Å². The predicted octanol–water partition coefficient (Wildman–Crippen LogP) is 2.83. The van der Waals surface area contributed by atoms with Gasteiger partial charge in [-0.25, -0.2) is 4.98 Å². The molecule has 0 bridgehead atoms. The molecule has 0 aromatic carbocycles. The molecule has 0 saturated heterocycles. The van der Waals surface area contributed by atoms with Gasteiger partial charge in [-0.1, -0.05) is 17.7 Å². The highest BCUT2D eigenvalue weighted by molar-refractivity contribution is 6.29. The van der Waals surface area contributed by atoms with Crippen LogP contribution in [0, 0.1) is 0 Å². The molecule has 0 atom stereocenters. The molecule has 6 heteroatoms. The van der Waals surface area contributed by atoms with Gasteiger partial charge >= 0.3 is 0 Å². The standard InChI is InChI=1S/C15H17ClN4O/c1-3-20(10-12-6-4-5-7-18-12)15(21)11-8-13(16)19-14(9-11)17-2/h4-9H,3,10H2,1-2H3,(H,17,19). The quantitative estimate of drug-likeness (QED) is 0.863. The van der Waals surface area contributed by atoms with Crippen LogP contribution in [0.15, 0.2) is 36.5 Å².